The van der Waals surface area contributed by atoms with Crippen molar-refractivity contribution in [2.24, 2.45) is 0 Å². The highest BCUT2D eigenvalue weighted by Crippen LogP contribution is 2.23. The molecule has 0 fully saturated rings. The van der Waals surface area contributed by atoms with Crippen molar-refractivity contribution in [2.45, 2.75) is 12.6 Å². The second-order valence-corrected chi connectivity index (χ2v) is 6.02. The minimum atomic E-state index is -0.470. The summed E-state index contributed by atoms with van der Waals surface area (Å²) in [5.41, 5.74) is 2.28. The van der Waals surface area contributed by atoms with Crippen molar-refractivity contribution in [3.8, 4) is 0 Å². The van der Waals surface area contributed by atoms with E-state index in [9.17, 15) is 9.59 Å². The van der Waals surface area contributed by atoms with Gasteiger partial charge < -0.3 is 14.8 Å². The van der Waals surface area contributed by atoms with Gasteiger partial charge in [0.05, 0.1) is 30.6 Å². The third-order valence-electron chi connectivity index (χ3n) is 4.51. The number of nitrogens with zero attached hydrogens (tertiary/aromatic N) is 4. The molecule has 2 amide bonds. The molecule has 0 bridgehead atoms. The number of hydrogen-bond acceptors (Lipinski definition) is 4. The number of nitrogens with one attached hydrogen (secondary N) is 1. The number of aromatic nitrogens is 3. The van der Waals surface area contributed by atoms with Crippen molar-refractivity contribution in [3.05, 3.63) is 60.3 Å². The van der Waals surface area contributed by atoms with E-state index >= 15 is 0 Å². The lowest BCUT2D eigenvalue weighted by molar-refractivity contribution is -0.124. The second kappa shape index (κ2) is 6.01. The van der Waals surface area contributed by atoms with Crippen molar-refractivity contribution >= 4 is 22.7 Å². The van der Waals surface area contributed by atoms with Gasteiger partial charge in [-0.05, 0) is 24.3 Å². The molecule has 3 heterocycles. The molecule has 0 saturated heterocycles. The molecule has 0 spiro atoms. The molecule has 0 radical (unpaired) electrons. The fourth-order valence-corrected chi connectivity index (χ4v) is 3.21. The van der Waals surface area contributed by atoms with Crippen LogP contribution in [-0.2, 0) is 11.3 Å². The number of carbonyl (C=O) groups excluding carboxylic acids is 2. The van der Waals surface area contributed by atoms with Gasteiger partial charge in [0, 0.05) is 30.4 Å². The molecule has 7 heteroatoms. The molecule has 126 valence electrons. The Morgan fingerprint density at radius 3 is 3.00 bits per heavy atom. The lowest BCUT2D eigenvalue weighted by Crippen LogP contribution is -2.45. The topological polar surface area (TPSA) is 80.1 Å². The van der Waals surface area contributed by atoms with Gasteiger partial charge in [-0.3, -0.25) is 14.6 Å². The maximum absolute atomic E-state index is 13.0. The van der Waals surface area contributed by atoms with E-state index in [0.717, 1.165) is 16.6 Å². The van der Waals surface area contributed by atoms with Crippen molar-refractivity contribution in [1.82, 2.24) is 24.8 Å². The van der Waals surface area contributed by atoms with E-state index in [1.54, 1.807) is 36.7 Å². The summed E-state index contributed by atoms with van der Waals surface area (Å²) in [6.45, 7) is 0.740. The SMILES string of the molecule is CNC(=O)C1CN(C(=O)c2ccc3ncccc3c2)Cc2cncn21. The summed E-state index contributed by atoms with van der Waals surface area (Å²) in [5.74, 6) is -0.244. The van der Waals surface area contributed by atoms with Crippen LogP contribution in [0, 0.1) is 0 Å². The molecule has 25 heavy (non-hydrogen) atoms. The standard InChI is InChI=1S/C18H17N5O2/c1-19-17(24)16-10-22(9-14-8-20-11-23(14)16)18(25)13-4-5-15-12(7-13)3-2-6-21-15/h2-8,11,16H,9-10H2,1H3,(H,19,24). The highest BCUT2D eigenvalue weighted by atomic mass is 16.2. The first-order chi connectivity index (χ1) is 12.2. The molecule has 1 aliphatic rings. The van der Waals surface area contributed by atoms with Gasteiger partial charge in [-0.1, -0.05) is 6.07 Å². The van der Waals surface area contributed by atoms with Crippen molar-refractivity contribution < 1.29 is 9.59 Å². The highest BCUT2D eigenvalue weighted by molar-refractivity contribution is 5.98. The zero-order valence-electron chi connectivity index (χ0n) is 13.7. The molecular weight excluding hydrogens is 318 g/mol. The molecule has 0 saturated carbocycles. The minimum Gasteiger partial charge on any atom is -0.357 e. The number of amides is 2. The van der Waals surface area contributed by atoms with E-state index in [1.165, 1.54) is 0 Å². The van der Waals surface area contributed by atoms with Crippen LogP contribution in [0.15, 0.2) is 49.1 Å². The van der Waals surface area contributed by atoms with Crippen LogP contribution in [0.3, 0.4) is 0 Å². The minimum absolute atomic E-state index is 0.105. The molecule has 0 aliphatic carbocycles. The van der Waals surface area contributed by atoms with Crippen molar-refractivity contribution in [2.75, 3.05) is 13.6 Å². The molecule has 3 aromatic rings. The van der Waals surface area contributed by atoms with Crippen LogP contribution < -0.4 is 5.32 Å². The largest absolute Gasteiger partial charge is 0.357 e. The number of benzene rings is 1. The molecule has 4 rings (SSSR count). The van der Waals surface area contributed by atoms with E-state index in [0.29, 0.717) is 18.7 Å². The summed E-state index contributed by atoms with van der Waals surface area (Å²) in [4.78, 5) is 35.3. The Hall–Kier alpha value is -3.22. The Bertz CT molecular complexity index is 965. The van der Waals surface area contributed by atoms with Crippen LogP contribution >= 0.6 is 0 Å². The zero-order chi connectivity index (χ0) is 17.4. The number of carbonyl (C=O) groups is 2. The quantitative estimate of drug-likeness (QED) is 0.767. The van der Waals surface area contributed by atoms with E-state index in [2.05, 4.69) is 15.3 Å². The maximum Gasteiger partial charge on any atom is 0.254 e. The molecule has 1 N–H and O–H groups in total. The Labute approximate surface area is 144 Å². The van der Waals surface area contributed by atoms with Gasteiger partial charge in [0.2, 0.25) is 5.91 Å². The summed E-state index contributed by atoms with van der Waals surface area (Å²) < 4.78 is 1.83. The third kappa shape index (κ3) is 2.63. The number of likely N-dealkylation sites (N-methyl/N-ethyl adjacent to an activating group) is 1. The average Bonchev–Trinajstić information content (AvgIpc) is 3.14. The monoisotopic (exact) mass is 335 g/mol. The predicted molar refractivity (Wildman–Crippen MR) is 91.8 cm³/mol. The van der Waals surface area contributed by atoms with Crippen LogP contribution in [0.5, 0.6) is 0 Å². The Balaban J connectivity index is 1.66. The first kappa shape index (κ1) is 15.3. The fraction of sp³-hybridized carbons (Fsp3) is 0.222. The maximum atomic E-state index is 13.0. The number of rotatable bonds is 2. The zero-order valence-corrected chi connectivity index (χ0v) is 13.7. The van der Waals surface area contributed by atoms with Gasteiger partial charge in [0.25, 0.3) is 5.91 Å². The number of fused-ring (bicyclic) bond motifs is 2. The van der Waals surface area contributed by atoms with Gasteiger partial charge in [-0.2, -0.15) is 0 Å². The molecule has 7 nitrogen and oxygen atoms in total. The van der Waals surface area contributed by atoms with Crippen molar-refractivity contribution in [3.63, 3.8) is 0 Å². The van der Waals surface area contributed by atoms with Gasteiger partial charge in [0.15, 0.2) is 0 Å². The molecule has 1 atom stereocenters. The molecular formula is C18H17N5O2. The smallest absolute Gasteiger partial charge is 0.254 e. The number of pyridine rings is 1. The van der Waals surface area contributed by atoms with Gasteiger partial charge in [-0.25, -0.2) is 4.98 Å². The van der Waals surface area contributed by atoms with E-state index < -0.39 is 6.04 Å². The van der Waals surface area contributed by atoms with Gasteiger partial charge >= 0.3 is 0 Å². The van der Waals surface area contributed by atoms with E-state index in [4.69, 9.17) is 0 Å². The Morgan fingerprint density at radius 2 is 2.16 bits per heavy atom. The highest BCUT2D eigenvalue weighted by Gasteiger charge is 2.32. The van der Waals surface area contributed by atoms with Crippen LogP contribution in [0.25, 0.3) is 10.9 Å². The molecule has 1 aliphatic heterocycles. The van der Waals surface area contributed by atoms with Crippen LogP contribution in [0.4, 0.5) is 0 Å². The van der Waals surface area contributed by atoms with Crippen LogP contribution in [-0.4, -0.2) is 44.8 Å². The van der Waals surface area contributed by atoms with Gasteiger partial charge in [-0.15, -0.1) is 0 Å². The Kier molecular flexibility index (Phi) is 3.68. The molecule has 1 unspecified atom stereocenters. The van der Waals surface area contributed by atoms with Crippen LogP contribution in [0.2, 0.25) is 0 Å². The lowest BCUT2D eigenvalue weighted by atomic mass is 10.1. The predicted octanol–water partition coefficient (Wildman–Crippen LogP) is 1.37. The number of imidazole rings is 1. The first-order valence-electron chi connectivity index (χ1n) is 8.04. The van der Waals surface area contributed by atoms with Crippen LogP contribution in [0.1, 0.15) is 22.1 Å². The van der Waals surface area contributed by atoms with Crippen molar-refractivity contribution in [1.29, 1.82) is 0 Å². The summed E-state index contributed by atoms with van der Waals surface area (Å²) in [6, 6.07) is 8.76. The fourth-order valence-electron chi connectivity index (χ4n) is 3.21. The third-order valence-corrected chi connectivity index (χ3v) is 4.51. The summed E-state index contributed by atoms with van der Waals surface area (Å²) in [6.07, 6.45) is 5.06. The second-order valence-electron chi connectivity index (χ2n) is 6.02. The van der Waals surface area contributed by atoms with E-state index in [1.807, 2.05) is 28.8 Å². The van der Waals surface area contributed by atoms with Gasteiger partial charge in [0.1, 0.15) is 6.04 Å². The molecule has 1 aromatic carbocycles. The van der Waals surface area contributed by atoms with E-state index in [-0.39, 0.29) is 11.8 Å². The average molecular weight is 335 g/mol. The summed E-state index contributed by atoms with van der Waals surface area (Å²) >= 11 is 0. The summed E-state index contributed by atoms with van der Waals surface area (Å²) in [7, 11) is 1.59. The number of hydrogen-bond donors (Lipinski definition) is 1. The summed E-state index contributed by atoms with van der Waals surface area (Å²) in [5, 5.41) is 3.57. The normalized spacial score (nSPS) is 16.5. The first-order valence-corrected chi connectivity index (χ1v) is 8.04. The molecule has 2 aromatic heterocycles. The Morgan fingerprint density at radius 1 is 1.28 bits per heavy atom. The lowest BCUT2D eigenvalue weighted by Gasteiger charge is -2.33.